The van der Waals surface area contributed by atoms with E-state index >= 15 is 0 Å². The predicted molar refractivity (Wildman–Crippen MR) is 62.9 cm³/mol. The van der Waals surface area contributed by atoms with Gasteiger partial charge in [0.05, 0.1) is 12.2 Å². The van der Waals surface area contributed by atoms with Crippen molar-refractivity contribution < 1.29 is 4.74 Å². The van der Waals surface area contributed by atoms with Crippen molar-refractivity contribution in [1.82, 2.24) is 0 Å². The van der Waals surface area contributed by atoms with Gasteiger partial charge in [0.15, 0.2) is 0 Å². The average Bonchev–Trinajstić information content (AvgIpc) is 2.17. The maximum Gasteiger partial charge on any atom is 0.0553 e. The molecule has 15 heavy (non-hydrogen) atoms. The molecule has 0 saturated carbocycles. The maximum absolute atomic E-state index is 5.75. The van der Waals surface area contributed by atoms with E-state index in [9.17, 15) is 0 Å². The van der Waals surface area contributed by atoms with Crippen LogP contribution in [0.4, 0.5) is 0 Å². The molecule has 0 radical (unpaired) electrons. The van der Waals surface area contributed by atoms with Crippen LogP contribution >= 0.6 is 0 Å². The van der Waals surface area contributed by atoms with Gasteiger partial charge in [-0.25, -0.2) is 0 Å². The zero-order chi connectivity index (χ0) is 10.7. The highest BCUT2D eigenvalue weighted by Gasteiger charge is 2.24. The van der Waals surface area contributed by atoms with Crippen molar-refractivity contribution >= 4 is 0 Å². The molecule has 1 fully saturated rings. The lowest BCUT2D eigenvalue weighted by Gasteiger charge is -2.32. The maximum atomic E-state index is 5.75. The topological polar surface area (TPSA) is 9.23 Å². The lowest BCUT2D eigenvalue weighted by atomic mass is 9.87. The molecule has 2 rings (SSSR count). The molecular formula is C14H20O. The molecule has 0 aromatic heterocycles. The molecule has 1 aromatic carbocycles. The van der Waals surface area contributed by atoms with E-state index in [1.54, 1.807) is 0 Å². The van der Waals surface area contributed by atoms with Crippen molar-refractivity contribution in [1.29, 1.82) is 0 Å². The fraction of sp³-hybridized carbons (Fsp3) is 0.571. The van der Waals surface area contributed by atoms with Crippen molar-refractivity contribution in [3.8, 4) is 0 Å². The summed E-state index contributed by atoms with van der Waals surface area (Å²) in [6, 6.07) is 10.8. The summed E-state index contributed by atoms with van der Waals surface area (Å²) >= 11 is 0. The minimum Gasteiger partial charge on any atom is -0.376 e. The Hall–Kier alpha value is -0.820. The molecule has 2 atom stereocenters. The largest absolute Gasteiger partial charge is 0.376 e. The monoisotopic (exact) mass is 204 g/mol. The Bertz CT molecular complexity index is 283. The van der Waals surface area contributed by atoms with E-state index in [1.807, 2.05) is 0 Å². The van der Waals surface area contributed by atoms with Gasteiger partial charge in [-0.1, -0.05) is 30.3 Å². The Morgan fingerprint density at radius 3 is 2.27 bits per heavy atom. The summed E-state index contributed by atoms with van der Waals surface area (Å²) in [6.07, 6.45) is 4.49. The summed E-state index contributed by atoms with van der Waals surface area (Å²) in [5, 5.41) is 0. The van der Waals surface area contributed by atoms with E-state index in [0.717, 1.165) is 5.92 Å². The fourth-order valence-electron chi connectivity index (χ4n) is 2.66. The second kappa shape index (κ2) is 4.80. The van der Waals surface area contributed by atoms with Gasteiger partial charge in [0, 0.05) is 0 Å². The summed E-state index contributed by atoms with van der Waals surface area (Å²) in [5.41, 5.74) is 1.46. The van der Waals surface area contributed by atoms with Crippen LogP contribution in [-0.2, 0) is 11.2 Å². The van der Waals surface area contributed by atoms with Gasteiger partial charge >= 0.3 is 0 Å². The van der Waals surface area contributed by atoms with Gasteiger partial charge in [0.1, 0.15) is 0 Å². The second-order valence-electron chi connectivity index (χ2n) is 4.78. The Labute approximate surface area is 92.5 Å². The van der Waals surface area contributed by atoms with Gasteiger partial charge in [0.25, 0.3) is 0 Å². The predicted octanol–water partition coefficient (Wildman–Crippen LogP) is 3.43. The van der Waals surface area contributed by atoms with E-state index in [2.05, 4.69) is 44.2 Å². The lowest BCUT2D eigenvalue weighted by Crippen LogP contribution is -2.30. The number of hydrogen-bond acceptors (Lipinski definition) is 1. The third-order valence-electron chi connectivity index (χ3n) is 3.16. The SMILES string of the molecule is CC1CC(Cc2ccccc2)CC(C)O1. The standard InChI is InChI=1S/C14H20O/c1-11-8-14(9-12(2)15-11)10-13-6-4-3-5-7-13/h3-7,11-12,14H,8-10H2,1-2H3. The third-order valence-corrected chi connectivity index (χ3v) is 3.16. The van der Waals surface area contributed by atoms with Gasteiger partial charge in [-0.05, 0) is 44.6 Å². The summed E-state index contributed by atoms with van der Waals surface area (Å²) in [4.78, 5) is 0. The van der Waals surface area contributed by atoms with Gasteiger partial charge < -0.3 is 4.74 Å². The molecule has 1 heteroatoms. The minimum absolute atomic E-state index is 0.433. The van der Waals surface area contributed by atoms with Crippen LogP contribution in [0.25, 0.3) is 0 Å². The number of hydrogen-bond donors (Lipinski definition) is 0. The summed E-state index contributed by atoms with van der Waals surface area (Å²) in [6.45, 7) is 4.38. The Morgan fingerprint density at radius 1 is 1.07 bits per heavy atom. The van der Waals surface area contributed by atoms with Crippen molar-refractivity contribution in [3.05, 3.63) is 35.9 Å². The van der Waals surface area contributed by atoms with E-state index in [-0.39, 0.29) is 0 Å². The van der Waals surface area contributed by atoms with Crippen LogP contribution in [0, 0.1) is 5.92 Å². The van der Waals surface area contributed by atoms with Gasteiger partial charge in [-0.2, -0.15) is 0 Å². The fourth-order valence-corrected chi connectivity index (χ4v) is 2.66. The van der Waals surface area contributed by atoms with Crippen LogP contribution < -0.4 is 0 Å². The number of ether oxygens (including phenoxy) is 1. The van der Waals surface area contributed by atoms with E-state index in [0.29, 0.717) is 12.2 Å². The third kappa shape index (κ3) is 3.07. The molecule has 1 aliphatic rings. The molecule has 0 N–H and O–H groups in total. The molecule has 0 aliphatic carbocycles. The summed E-state index contributed by atoms with van der Waals surface area (Å²) in [7, 11) is 0. The highest BCUT2D eigenvalue weighted by molar-refractivity contribution is 5.15. The molecule has 0 spiro atoms. The molecule has 1 heterocycles. The van der Waals surface area contributed by atoms with Crippen LogP contribution in [0.2, 0.25) is 0 Å². The van der Waals surface area contributed by atoms with Gasteiger partial charge in [0.2, 0.25) is 0 Å². The average molecular weight is 204 g/mol. The van der Waals surface area contributed by atoms with Gasteiger partial charge in [-0.15, -0.1) is 0 Å². The minimum atomic E-state index is 0.433. The summed E-state index contributed by atoms with van der Waals surface area (Å²) < 4.78 is 5.75. The highest BCUT2D eigenvalue weighted by Crippen LogP contribution is 2.27. The van der Waals surface area contributed by atoms with E-state index < -0.39 is 0 Å². The summed E-state index contributed by atoms with van der Waals surface area (Å²) in [5.74, 6) is 0.797. The first kappa shape index (κ1) is 10.7. The highest BCUT2D eigenvalue weighted by atomic mass is 16.5. The Kier molecular flexibility index (Phi) is 3.42. The first-order valence-corrected chi connectivity index (χ1v) is 5.93. The molecule has 1 aromatic rings. The van der Waals surface area contributed by atoms with Crippen LogP contribution in [0.5, 0.6) is 0 Å². The van der Waals surface area contributed by atoms with Crippen LogP contribution in [0.15, 0.2) is 30.3 Å². The first-order chi connectivity index (χ1) is 7.24. The van der Waals surface area contributed by atoms with Gasteiger partial charge in [-0.3, -0.25) is 0 Å². The van der Waals surface area contributed by atoms with Crippen LogP contribution in [0.3, 0.4) is 0 Å². The number of benzene rings is 1. The molecule has 1 aliphatic heterocycles. The quantitative estimate of drug-likeness (QED) is 0.717. The van der Waals surface area contributed by atoms with E-state index in [4.69, 9.17) is 4.74 Å². The lowest BCUT2D eigenvalue weighted by molar-refractivity contribution is -0.0518. The van der Waals surface area contributed by atoms with Crippen molar-refractivity contribution in [2.24, 2.45) is 5.92 Å². The Morgan fingerprint density at radius 2 is 1.67 bits per heavy atom. The second-order valence-corrected chi connectivity index (χ2v) is 4.78. The van der Waals surface area contributed by atoms with Crippen molar-refractivity contribution in [3.63, 3.8) is 0 Å². The molecule has 1 saturated heterocycles. The molecule has 0 bridgehead atoms. The molecule has 0 amide bonds. The Balaban J connectivity index is 1.94. The first-order valence-electron chi connectivity index (χ1n) is 5.93. The van der Waals surface area contributed by atoms with Crippen molar-refractivity contribution in [2.75, 3.05) is 0 Å². The van der Waals surface area contributed by atoms with Crippen molar-refractivity contribution in [2.45, 2.75) is 45.3 Å². The van der Waals surface area contributed by atoms with Crippen LogP contribution in [0.1, 0.15) is 32.3 Å². The molecular weight excluding hydrogens is 184 g/mol. The number of rotatable bonds is 2. The molecule has 82 valence electrons. The normalized spacial score (nSPS) is 31.5. The van der Waals surface area contributed by atoms with Crippen LogP contribution in [-0.4, -0.2) is 12.2 Å². The smallest absolute Gasteiger partial charge is 0.0553 e. The molecule has 1 nitrogen and oxygen atoms in total. The molecule has 2 unspecified atom stereocenters. The zero-order valence-electron chi connectivity index (χ0n) is 9.65. The zero-order valence-corrected chi connectivity index (χ0v) is 9.65. The van der Waals surface area contributed by atoms with E-state index in [1.165, 1.54) is 24.8 Å².